The Bertz CT molecular complexity index is 559. The fourth-order valence-electron chi connectivity index (χ4n) is 3.80. The van der Waals surface area contributed by atoms with Gasteiger partial charge < -0.3 is 10.6 Å². The van der Waals surface area contributed by atoms with Gasteiger partial charge in [-0.15, -0.1) is 0 Å². The predicted octanol–water partition coefficient (Wildman–Crippen LogP) is 4.37. The van der Waals surface area contributed by atoms with Crippen LogP contribution in [0.25, 0.3) is 0 Å². The molecule has 114 valence electrons. The number of halogens is 2. The molecule has 2 unspecified atom stereocenters. The minimum Gasteiger partial charge on any atom is -0.399 e. The van der Waals surface area contributed by atoms with Gasteiger partial charge in [0.15, 0.2) is 0 Å². The van der Waals surface area contributed by atoms with Crippen molar-refractivity contribution in [2.75, 3.05) is 12.3 Å². The van der Waals surface area contributed by atoms with Crippen molar-refractivity contribution in [2.24, 2.45) is 5.92 Å². The molecule has 1 heterocycles. The van der Waals surface area contributed by atoms with E-state index in [4.69, 9.17) is 28.9 Å². The second-order valence-electron chi connectivity index (χ2n) is 6.12. The lowest BCUT2D eigenvalue weighted by Gasteiger charge is -2.44. The molecule has 2 atom stereocenters. The molecule has 3 rings (SSSR count). The third-order valence-electron chi connectivity index (χ3n) is 4.79. The molecule has 21 heavy (non-hydrogen) atoms. The SMILES string of the molecule is Nc1cc(Cl)c(Cl)c(C(=O)N2CCCC3CCCCC32)c1. The number of fused-ring (bicyclic) bond motifs is 1. The normalized spacial score (nSPS) is 25.5. The summed E-state index contributed by atoms with van der Waals surface area (Å²) in [6.45, 7) is 0.808. The first-order valence-electron chi connectivity index (χ1n) is 7.63. The molecule has 1 aromatic carbocycles. The molecule has 0 bridgehead atoms. The summed E-state index contributed by atoms with van der Waals surface area (Å²) >= 11 is 12.3. The van der Waals surface area contributed by atoms with Crippen molar-refractivity contribution >= 4 is 34.8 Å². The third-order valence-corrected chi connectivity index (χ3v) is 5.59. The Hall–Kier alpha value is -0.930. The first-order valence-corrected chi connectivity index (χ1v) is 8.39. The summed E-state index contributed by atoms with van der Waals surface area (Å²) < 4.78 is 0. The van der Waals surface area contributed by atoms with E-state index >= 15 is 0 Å². The van der Waals surface area contributed by atoms with E-state index < -0.39 is 0 Å². The molecule has 5 heteroatoms. The van der Waals surface area contributed by atoms with Crippen molar-refractivity contribution in [1.82, 2.24) is 4.90 Å². The number of hydrogen-bond acceptors (Lipinski definition) is 2. The molecule has 1 aromatic rings. The lowest BCUT2D eigenvalue weighted by Crippen LogP contribution is -2.49. The largest absolute Gasteiger partial charge is 0.399 e. The van der Waals surface area contributed by atoms with Crippen molar-refractivity contribution in [3.05, 3.63) is 27.7 Å². The fourth-order valence-corrected chi connectivity index (χ4v) is 4.22. The van der Waals surface area contributed by atoms with Crippen LogP contribution >= 0.6 is 23.2 Å². The average Bonchev–Trinajstić information content (AvgIpc) is 2.49. The average molecular weight is 327 g/mol. The summed E-state index contributed by atoms with van der Waals surface area (Å²) in [7, 11) is 0. The molecule has 3 nitrogen and oxygen atoms in total. The standard InChI is InChI=1S/C16H20Cl2N2O/c17-13-9-11(19)8-12(15(13)18)16(21)20-7-3-5-10-4-1-2-6-14(10)20/h8-10,14H,1-7,19H2. The third kappa shape index (κ3) is 2.86. The molecule has 2 aliphatic rings. The maximum absolute atomic E-state index is 12.9. The van der Waals surface area contributed by atoms with Crippen LogP contribution in [0.4, 0.5) is 5.69 Å². The number of amides is 1. The van der Waals surface area contributed by atoms with E-state index in [1.165, 1.54) is 25.7 Å². The number of nitrogens with zero attached hydrogens (tertiary/aromatic N) is 1. The van der Waals surface area contributed by atoms with Crippen molar-refractivity contribution in [3.8, 4) is 0 Å². The molecule has 1 aliphatic heterocycles. The van der Waals surface area contributed by atoms with Crippen LogP contribution in [0.1, 0.15) is 48.9 Å². The van der Waals surface area contributed by atoms with E-state index in [-0.39, 0.29) is 5.91 Å². The molecule has 1 saturated carbocycles. The zero-order valence-corrected chi connectivity index (χ0v) is 13.5. The van der Waals surface area contributed by atoms with Crippen molar-refractivity contribution in [2.45, 2.75) is 44.6 Å². The summed E-state index contributed by atoms with van der Waals surface area (Å²) in [5.41, 5.74) is 6.73. The topological polar surface area (TPSA) is 46.3 Å². The Morgan fingerprint density at radius 1 is 1.14 bits per heavy atom. The van der Waals surface area contributed by atoms with Gasteiger partial charge >= 0.3 is 0 Å². The van der Waals surface area contributed by atoms with Crippen LogP contribution in [0.2, 0.25) is 10.0 Å². The summed E-state index contributed by atoms with van der Waals surface area (Å²) in [5.74, 6) is 0.623. The van der Waals surface area contributed by atoms with Crippen LogP contribution in [0, 0.1) is 5.92 Å². The second-order valence-corrected chi connectivity index (χ2v) is 6.90. The van der Waals surface area contributed by atoms with E-state index in [0.29, 0.717) is 33.3 Å². The van der Waals surface area contributed by atoms with Gasteiger partial charge in [-0.2, -0.15) is 0 Å². The van der Waals surface area contributed by atoms with E-state index in [0.717, 1.165) is 19.4 Å². The Balaban J connectivity index is 1.90. The highest BCUT2D eigenvalue weighted by Crippen LogP contribution is 2.37. The quantitative estimate of drug-likeness (QED) is 0.779. The Morgan fingerprint density at radius 2 is 1.86 bits per heavy atom. The van der Waals surface area contributed by atoms with Crippen LogP contribution in [0.15, 0.2) is 12.1 Å². The number of anilines is 1. The van der Waals surface area contributed by atoms with Crippen LogP contribution in [-0.2, 0) is 0 Å². The van der Waals surface area contributed by atoms with E-state index in [1.807, 2.05) is 4.90 Å². The van der Waals surface area contributed by atoms with Crippen LogP contribution in [0.5, 0.6) is 0 Å². The number of nitrogens with two attached hydrogens (primary N) is 1. The van der Waals surface area contributed by atoms with Crippen molar-refractivity contribution in [1.29, 1.82) is 0 Å². The number of nitrogen functional groups attached to an aromatic ring is 1. The van der Waals surface area contributed by atoms with Gasteiger partial charge in [-0.25, -0.2) is 0 Å². The smallest absolute Gasteiger partial charge is 0.255 e. The fraction of sp³-hybridized carbons (Fsp3) is 0.562. The molecule has 1 saturated heterocycles. The molecule has 2 fully saturated rings. The van der Waals surface area contributed by atoms with Gasteiger partial charge in [0.05, 0.1) is 15.6 Å². The first kappa shape index (κ1) is 15.0. The van der Waals surface area contributed by atoms with Crippen molar-refractivity contribution in [3.63, 3.8) is 0 Å². The molecule has 0 aromatic heterocycles. The maximum atomic E-state index is 12.9. The first-order chi connectivity index (χ1) is 10.1. The Labute approximate surface area is 135 Å². The number of benzene rings is 1. The molecule has 2 N–H and O–H groups in total. The van der Waals surface area contributed by atoms with Gasteiger partial charge in [0.2, 0.25) is 0 Å². The van der Waals surface area contributed by atoms with Crippen LogP contribution in [-0.4, -0.2) is 23.4 Å². The van der Waals surface area contributed by atoms with Crippen molar-refractivity contribution < 1.29 is 4.79 Å². The molecule has 1 amide bonds. The number of rotatable bonds is 1. The molecule has 0 radical (unpaired) electrons. The zero-order chi connectivity index (χ0) is 15.0. The highest BCUT2D eigenvalue weighted by atomic mass is 35.5. The monoisotopic (exact) mass is 326 g/mol. The molecular formula is C16H20Cl2N2O. The molecular weight excluding hydrogens is 307 g/mol. The highest BCUT2D eigenvalue weighted by Gasteiger charge is 2.36. The zero-order valence-electron chi connectivity index (χ0n) is 11.9. The van der Waals surface area contributed by atoms with E-state index in [1.54, 1.807) is 12.1 Å². The maximum Gasteiger partial charge on any atom is 0.255 e. The Kier molecular flexibility index (Phi) is 4.32. The van der Waals surface area contributed by atoms with Crippen LogP contribution in [0.3, 0.4) is 0 Å². The number of carbonyl (C=O) groups excluding carboxylic acids is 1. The lowest BCUT2D eigenvalue weighted by atomic mass is 9.78. The number of likely N-dealkylation sites (tertiary alicyclic amines) is 1. The van der Waals surface area contributed by atoms with E-state index in [2.05, 4.69) is 0 Å². The lowest BCUT2D eigenvalue weighted by molar-refractivity contribution is 0.0391. The van der Waals surface area contributed by atoms with Gasteiger partial charge in [0.1, 0.15) is 0 Å². The number of carbonyl (C=O) groups is 1. The summed E-state index contributed by atoms with van der Waals surface area (Å²) in [5, 5.41) is 0.658. The highest BCUT2D eigenvalue weighted by molar-refractivity contribution is 6.44. The number of hydrogen-bond donors (Lipinski definition) is 1. The molecule has 1 aliphatic carbocycles. The minimum atomic E-state index is -0.0224. The van der Waals surface area contributed by atoms with Gasteiger partial charge in [0.25, 0.3) is 5.91 Å². The number of piperidine rings is 1. The van der Waals surface area contributed by atoms with Gasteiger partial charge in [-0.05, 0) is 43.7 Å². The van der Waals surface area contributed by atoms with E-state index in [9.17, 15) is 4.79 Å². The summed E-state index contributed by atoms with van der Waals surface area (Å²) in [6.07, 6.45) is 7.13. The second kappa shape index (κ2) is 6.05. The minimum absolute atomic E-state index is 0.0224. The van der Waals surface area contributed by atoms with Gasteiger partial charge in [-0.1, -0.05) is 36.0 Å². The summed E-state index contributed by atoms with van der Waals surface area (Å²) in [4.78, 5) is 14.9. The van der Waals surface area contributed by atoms with Crippen LogP contribution < -0.4 is 5.73 Å². The Morgan fingerprint density at radius 3 is 2.67 bits per heavy atom. The molecule has 0 spiro atoms. The summed E-state index contributed by atoms with van der Waals surface area (Å²) in [6, 6.07) is 3.58. The van der Waals surface area contributed by atoms with Gasteiger partial charge in [0, 0.05) is 18.3 Å². The van der Waals surface area contributed by atoms with Gasteiger partial charge in [-0.3, -0.25) is 4.79 Å². The predicted molar refractivity (Wildman–Crippen MR) is 86.9 cm³/mol.